The van der Waals surface area contributed by atoms with E-state index in [1.165, 1.54) is 32.2 Å². The quantitative estimate of drug-likeness (QED) is 0.526. The molecule has 0 amide bonds. The number of halogens is 1. The summed E-state index contributed by atoms with van der Waals surface area (Å²) in [5.41, 5.74) is 0. The minimum atomic E-state index is 1.07. The van der Waals surface area contributed by atoms with Crippen LogP contribution >= 0.6 is 15.9 Å². The molecular formula is C10H19BrN2. The maximum atomic E-state index is 3.45. The molecule has 0 aromatic rings. The average molecular weight is 247 g/mol. The number of alkyl halides is 1. The molecule has 3 heteroatoms. The normalized spacial score (nSPS) is 15.8. The largest absolute Gasteiger partial charge is 0.362 e. The smallest absolute Gasteiger partial charge is 0.0890 e. The summed E-state index contributed by atoms with van der Waals surface area (Å²) in [6.45, 7) is 2.28. The Kier molecular flexibility index (Phi) is 5.28. The van der Waals surface area contributed by atoms with Gasteiger partial charge in [-0.1, -0.05) is 28.8 Å². The van der Waals surface area contributed by atoms with Crippen LogP contribution in [0.2, 0.25) is 0 Å². The van der Waals surface area contributed by atoms with Crippen molar-refractivity contribution >= 4 is 15.9 Å². The Hall–Kier alpha value is -0.180. The predicted octanol–water partition coefficient (Wildman–Crippen LogP) is 2.62. The molecule has 0 N–H and O–H groups in total. The van der Waals surface area contributed by atoms with E-state index in [4.69, 9.17) is 0 Å². The zero-order valence-corrected chi connectivity index (χ0v) is 9.96. The van der Waals surface area contributed by atoms with Crippen LogP contribution in [0.25, 0.3) is 0 Å². The zero-order valence-electron chi connectivity index (χ0n) is 8.38. The minimum Gasteiger partial charge on any atom is -0.362 e. The summed E-state index contributed by atoms with van der Waals surface area (Å²) >= 11 is 3.45. The lowest BCUT2D eigenvalue weighted by atomic mass is 10.2. The first-order chi connectivity index (χ1) is 6.33. The molecule has 0 bridgehead atoms. The van der Waals surface area contributed by atoms with E-state index < -0.39 is 0 Å². The van der Waals surface area contributed by atoms with Crippen LogP contribution in [0.15, 0.2) is 12.4 Å². The maximum absolute atomic E-state index is 3.45. The number of hydrogen-bond acceptors (Lipinski definition) is 2. The third kappa shape index (κ3) is 4.55. The van der Waals surface area contributed by atoms with E-state index in [1.54, 1.807) is 0 Å². The molecule has 2 nitrogen and oxygen atoms in total. The second-order valence-corrected chi connectivity index (χ2v) is 4.41. The summed E-state index contributed by atoms with van der Waals surface area (Å²) in [6, 6.07) is 0. The Morgan fingerprint density at radius 1 is 1.15 bits per heavy atom. The molecule has 0 atom stereocenters. The van der Waals surface area contributed by atoms with Crippen molar-refractivity contribution in [3.8, 4) is 0 Å². The van der Waals surface area contributed by atoms with Crippen LogP contribution in [0.1, 0.15) is 25.7 Å². The van der Waals surface area contributed by atoms with Crippen molar-refractivity contribution in [2.75, 3.05) is 25.6 Å². The highest BCUT2D eigenvalue weighted by Crippen LogP contribution is 2.07. The first-order valence-corrected chi connectivity index (χ1v) is 6.13. The molecule has 1 aliphatic heterocycles. The summed E-state index contributed by atoms with van der Waals surface area (Å²) in [5.74, 6) is 0. The van der Waals surface area contributed by atoms with Crippen molar-refractivity contribution in [3.63, 3.8) is 0 Å². The van der Waals surface area contributed by atoms with Crippen molar-refractivity contribution in [3.05, 3.63) is 12.4 Å². The van der Waals surface area contributed by atoms with Gasteiger partial charge >= 0.3 is 0 Å². The van der Waals surface area contributed by atoms with Crippen LogP contribution in [0, 0.1) is 0 Å². The summed E-state index contributed by atoms with van der Waals surface area (Å²) < 4.78 is 0. The van der Waals surface area contributed by atoms with Crippen LogP contribution in [0.5, 0.6) is 0 Å². The minimum absolute atomic E-state index is 1.07. The summed E-state index contributed by atoms with van der Waals surface area (Å²) in [4.78, 5) is 4.58. The molecule has 0 aliphatic carbocycles. The van der Waals surface area contributed by atoms with E-state index in [-0.39, 0.29) is 0 Å². The van der Waals surface area contributed by atoms with Crippen molar-refractivity contribution in [2.45, 2.75) is 25.7 Å². The van der Waals surface area contributed by atoms with Gasteiger partial charge in [-0.2, -0.15) is 0 Å². The van der Waals surface area contributed by atoms with Gasteiger partial charge in [-0.25, -0.2) is 0 Å². The van der Waals surface area contributed by atoms with Gasteiger partial charge in [0.15, 0.2) is 0 Å². The first-order valence-electron chi connectivity index (χ1n) is 5.01. The second kappa shape index (κ2) is 6.30. The van der Waals surface area contributed by atoms with Gasteiger partial charge < -0.3 is 9.80 Å². The standard InChI is InChI=1S/C10H19BrN2/c1-12-8-9-13(10-12)7-5-3-2-4-6-11/h8-9H,2-7,10H2,1H3. The molecule has 0 aromatic carbocycles. The molecule has 0 saturated carbocycles. The lowest BCUT2D eigenvalue weighted by molar-refractivity contribution is 0.291. The fourth-order valence-electron chi connectivity index (χ4n) is 1.50. The highest BCUT2D eigenvalue weighted by atomic mass is 79.9. The third-order valence-corrected chi connectivity index (χ3v) is 2.83. The van der Waals surface area contributed by atoms with Crippen molar-refractivity contribution < 1.29 is 0 Å². The lowest BCUT2D eigenvalue weighted by Crippen LogP contribution is -2.23. The maximum Gasteiger partial charge on any atom is 0.0890 e. The van der Waals surface area contributed by atoms with Gasteiger partial charge in [0.1, 0.15) is 0 Å². The van der Waals surface area contributed by atoms with Crippen LogP contribution in [-0.4, -0.2) is 35.4 Å². The van der Waals surface area contributed by atoms with Gasteiger partial charge in [0.05, 0.1) is 6.67 Å². The Morgan fingerprint density at radius 2 is 1.92 bits per heavy atom. The van der Waals surface area contributed by atoms with Gasteiger partial charge in [-0.15, -0.1) is 0 Å². The summed E-state index contributed by atoms with van der Waals surface area (Å²) in [7, 11) is 2.11. The molecule has 1 rings (SSSR count). The SMILES string of the molecule is CN1C=CN(CCCCCCBr)C1. The van der Waals surface area contributed by atoms with Gasteiger partial charge in [-0.3, -0.25) is 0 Å². The molecule has 13 heavy (non-hydrogen) atoms. The van der Waals surface area contributed by atoms with Gasteiger partial charge in [0.25, 0.3) is 0 Å². The lowest BCUT2D eigenvalue weighted by Gasteiger charge is -2.17. The van der Waals surface area contributed by atoms with Crippen LogP contribution < -0.4 is 0 Å². The van der Waals surface area contributed by atoms with E-state index in [0.29, 0.717) is 0 Å². The number of rotatable bonds is 6. The number of unbranched alkanes of at least 4 members (excludes halogenated alkanes) is 3. The Bertz CT molecular complexity index is 159. The highest BCUT2D eigenvalue weighted by Gasteiger charge is 2.06. The van der Waals surface area contributed by atoms with Crippen LogP contribution in [0.3, 0.4) is 0 Å². The van der Waals surface area contributed by atoms with E-state index in [9.17, 15) is 0 Å². The Labute approximate surface area is 89.7 Å². The van der Waals surface area contributed by atoms with Crippen LogP contribution in [0.4, 0.5) is 0 Å². The molecule has 0 fully saturated rings. The van der Waals surface area contributed by atoms with Crippen molar-refractivity contribution in [1.82, 2.24) is 9.80 Å². The van der Waals surface area contributed by atoms with Gasteiger partial charge in [0.2, 0.25) is 0 Å². The summed E-state index contributed by atoms with van der Waals surface area (Å²) in [5, 5.41) is 1.15. The monoisotopic (exact) mass is 246 g/mol. The Morgan fingerprint density at radius 3 is 2.54 bits per heavy atom. The van der Waals surface area contributed by atoms with Crippen LogP contribution in [-0.2, 0) is 0 Å². The molecular weight excluding hydrogens is 228 g/mol. The Balaban J connectivity index is 1.92. The average Bonchev–Trinajstić information content (AvgIpc) is 2.51. The third-order valence-electron chi connectivity index (χ3n) is 2.27. The van der Waals surface area contributed by atoms with Crippen molar-refractivity contribution in [1.29, 1.82) is 0 Å². The molecule has 0 aromatic heterocycles. The molecule has 0 saturated heterocycles. The topological polar surface area (TPSA) is 6.48 Å². The van der Waals surface area contributed by atoms with E-state index in [2.05, 4.69) is 45.2 Å². The number of hydrogen-bond donors (Lipinski definition) is 0. The molecule has 0 spiro atoms. The van der Waals surface area contributed by atoms with Crippen molar-refractivity contribution in [2.24, 2.45) is 0 Å². The molecule has 76 valence electrons. The van der Waals surface area contributed by atoms with E-state index in [1.807, 2.05) is 0 Å². The molecule has 0 radical (unpaired) electrons. The fraction of sp³-hybridized carbons (Fsp3) is 0.800. The highest BCUT2D eigenvalue weighted by molar-refractivity contribution is 9.09. The summed E-state index contributed by atoms with van der Waals surface area (Å²) in [6.07, 6.45) is 9.68. The molecule has 1 aliphatic rings. The fourth-order valence-corrected chi connectivity index (χ4v) is 1.89. The van der Waals surface area contributed by atoms with E-state index in [0.717, 1.165) is 12.0 Å². The number of nitrogens with zero attached hydrogens (tertiary/aromatic N) is 2. The van der Waals surface area contributed by atoms with Gasteiger partial charge in [0, 0.05) is 31.3 Å². The van der Waals surface area contributed by atoms with E-state index >= 15 is 0 Å². The second-order valence-electron chi connectivity index (χ2n) is 3.61. The first kappa shape index (κ1) is 10.9. The predicted molar refractivity (Wildman–Crippen MR) is 60.7 cm³/mol. The zero-order chi connectivity index (χ0) is 9.52. The van der Waals surface area contributed by atoms with Gasteiger partial charge in [-0.05, 0) is 12.8 Å². The molecule has 1 heterocycles. The molecule has 0 unspecified atom stereocenters.